The first-order valence-corrected chi connectivity index (χ1v) is 7.88. The molecule has 4 nitrogen and oxygen atoms in total. The highest BCUT2D eigenvalue weighted by Crippen LogP contribution is 2.24. The Balaban J connectivity index is 1.95. The zero-order valence-corrected chi connectivity index (χ0v) is 12.1. The number of hydrogen-bond acceptors (Lipinski definition) is 4. The predicted octanol–water partition coefficient (Wildman–Crippen LogP) is 2.38. The fraction of sp³-hybridized carbons (Fsp3) is 0.333. The number of carbonyl (C=O) groups is 1. The van der Waals surface area contributed by atoms with Crippen LogP contribution in [-0.4, -0.2) is 45.1 Å². The SMILES string of the molecule is O=C(O)C1CSCCN1Cc1cc(F)cc2cccnc12. The molecular weight excluding hydrogens is 291 g/mol. The molecule has 0 saturated carbocycles. The van der Waals surface area contributed by atoms with Gasteiger partial charge in [0.15, 0.2) is 0 Å². The zero-order valence-electron chi connectivity index (χ0n) is 11.3. The summed E-state index contributed by atoms with van der Waals surface area (Å²) >= 11 is 1.64. The Kier molecular flexibility index (Phi) is 4.07. The quantitative estimate of drug-likeness (QED) is 0.943. The van der Waals surface area contributed by atoms with Crippen LogP contribution in [0.2, 0.25) is 0 Å². The largest absolute Gasteiger partial charge is 0.480 e. The number of nitrogens with zero attached hydrogens (tertiary/aromatic N) is 2. The van der Waals surface area contributed by atoms with Gasteiger partial charge < -0.3 is 5.11 Å². The molecule has 0 bridgehead atoms. The van der Waals surface area contributed by atoms with E-state index in [2.05, 4.69) is 4.98 Å². The van der Waals surface area contributed by atoms with Crippen molar-refractivity contribution in [2.45, 2.75) is 12.6 Å². The molecule has 1 aliphatic heterocycles. The van der Waals surface area contributed by atoms with Crippen LogP contribution in [0.3, 0.4) is 0 Å². The van der Waals surface area contributed by atoms with Gasteiger partial charge in [-0.05, 0) is 23.8 Å². The second kappa shape index (κ2) is 5.99. The number of pyridine rings is 1. The molecule has 0 aliphatic carbocycles. The van der Waals surface area contributed by atoms with Crippen LogP contribution in [0.1, 0.15) is 5.56 Å². The van der Waals surface area contributed by atoms with E-state index in [9.17, 15) is 14.3 Å². The first-order valence-electron chi connectivity index (χ1n) is 6.73. The van der Waals surface area contributed by atoms with Crippen molar-refractivity contribution in [1.29, 1.82) is 0 Å². The minimum Gasteiger partial charge on any atom is -0.480 e. The van der Waals surface area contributed by atoms with Crippen molar-refractivity contribution >= 4 is 28.6 Å². The number of halogens is 1. The Morgan fingerprint density at radius 1 is 1.52 bits per heavy atom. The summed E-state index contributed by atoms with van der Waals surface area (Å²) in [6, 6.07) is 5.97. The summed E-state index contributed by atoms with van der Waals surface area (Å²) in [5, 5.41) is 10.1. The van der Waals surface area contributed by atoms with Gasteiger partial charge in [-0.3, -0.25) is 14.7 Å². The van der Waals surface area contributed by atoms with Crippen LogP contribution in [0.15, 0.2) is 30.5 Å². The minimum absolute atomic E-state index is 0.316. The molecule has 0 amide bonds. The third kappa shape index (κ3) is 3.01. The molecule has 3 rings (SSSR count). The van der Waals surface area contributed by atoms with Gasteiger partial charge in [-0.2, -0.15) is 11.8 Å². The van der Waals surface area contributed by atoms with Gasteiger partial charge in [0.2, 0.25) is 0 Å². The van der Waals surface area contributed by atoms with Crippen LogP contribution in [-0.2, 0) is 11.3 Å². The Hall–Kier alpha value is -1.66. The summed E-state index contributed by atoms with van der Waals surface area (Å²) in [6.07, 6.45) is 1.67. The number of rotatable bonds is 3. The smallest absolute Gasteiger partial charge is 0.321 e. The first-order chi connectivity index (χ1) is 10.1. The van der Waals surface area contributed by atoms with Gasteiger partial charge in [0.25, 0.3) is 0 Å². The van der Waals surface area contributed by atoms with E-state index in [0.717, 1.165) is 22.2 Å². The first kappa shape index (κ1) is 14.3. The molecule has 1 saturated heterocycles. The average Bonchev–Trinajstić information content (AvgIpc) is 2.47. The van der Waals surface area contributed by atoms with E-state index < -0.39 is 12.0 Å². The molecule has 110 valence electrons. The lowest BCUT2D eigenvalue weighted by Crippen LogP contribution is -2.46. The van der Waals surface area contributed by atoms with Gasteiger partial charge in [-0.1, -0.05) is 6.07 Å². The van der Waals surface area contributed by atoms with Gasteiger partial charge in [-0.25, -0.2) is 4.39 Å². The summed E-state index contributed by atoms with van der Waals surface area (Å²) in [6.45, 7) is 1.09. The van der Waals surface area contributed by atoms with Crippen LogP contribution < -0.4 is 0 Å². The fourth-order valence-electron chi connectivity index (χ4n) is 2.62. The van der Waals surface area contributed by atoms with Crippen molar-refractivity contribution in [3.05, 3.63) is 41.8 Å². The number of benzene rings is 1. The maximum Gasteiger partial charge on any atom is 0.321 e. The normalized spacial score (nSPS) is 19.8. The van der Waals surface area contributed by atoms with Crippen molar-refractivity contribution < 1.29 is 14.3 Å². The van der Waals surface area contributed by atoms with Gasteiger partial charge in [0.1, 0.15) is 11.9 Å². The number of fused-ring (bicyclic) bond motifs is 1. The Bertz CT molecular complexity index is 680. The van der Waals surface area contributed by atoms with Crippen LogP contribution in [0.5, 0.6) is 0 Å². The molecule has 1 unspecified atom stereocenters. The molecule has 21 heavy (non-hydrogen) atoms. The van der Waals surface area contributed by atoms with Crippen molar-refractivity contribution in [3.63, 3.8) is 0 Å². The third-order valence-electron chi connectivity index (χ3n) is 3.65. The topological polar surface area (TPSA) is 53.4 Å². The summed E-state index contributed by atoms with van der Waals surface area (Å²) in [5.74, 6) is 0.320. The fourth-order valence-corrected chi connectivity index (χ4v) is 3.73. The van der Waals surface area contributed by atoms with E-state index in [1.807, 2.05) is 11.0 Å². The van der Waals surface area contributed by atoms with E-state index >= 15 is 0 Å². The van der Waals surface area contributed by atoms with Crippen LogP contribution in [0, 0.1) is 5.82 Å². The van der Waals surface area contributed by atoms with Crippen molar-refractivity contribution in [3.8, 4) is 0 Å². The number of aromatic nitrogens is 1. The standard InChI is InChI=1S/C15H15FN2O2S/c16-12-6-10-2-1-3-17-14(10)11(7-12)8-18-4-5-21-9-13(18)15(19)20/h1-3,6-7,13H,4-5,8-9H2,(H,19,20). The predicted molar refractivity (Wildman–Crippen MR) is 80.9 cm³/mol. The van der Waals surface area contributed by atoms with Crippen molar-refractivity contribution in [2.75, 3.05) is 18.1 Å². The van der Waals surface area contributed by atoms with Crippen molar-refractivity contribution in [1.82, 2.24) is 9.88 Å². The summed E-state index contributed by atoms with van der Waals surface area (Å²) in [4.78, 5) is 17.5. The highest BCUT2D eigenvalue weighted by molar-refractivity contribution is 7.99. The second-order valence-corrected chi connectivity index (χ2v) is 6.19. The molecule has 1 N–H and O–H groups in total. The number of thioether (sulfide) groups is 1. The summed E-state index contributed by atoms with van der Waals surface area (Å²) in [5.41, 5.74) is 1.48. The summed E-state index contributed by atoms with van der Waals surface area (Å²) in [7, 11) is 0. The molecule has 2 aromatic rings. The van der Waals surface area contributed by atoms with Gasteiger partial charge >= 0.3 is 5.97 Å². The van der Waals surface area contributed by atoms with E-state index in [1.165, 1.54) is 12.1 Å². The Labute approximate surface area is 126 Å². The lowest BCUT2D eigenvalue weighted by Gasteiger charge is -2.32. The Morgan fingerprint density at radius 2 is 2.38 bits per heavy atom. The molecule has 1 atom stereocenters. The van der Waals surface area contributed by atoms with E-state index in [0.29, 0.717) is 18.8 Å². The van der Waals surface area contributed by atoms with Crippen LogP contribution in [0.25, 0.3) is 10.9 Å². The lowest BCUT2D eigenvalue weighted by atomic mass is 10.1. The van der Waals surface area contributed by atoms with E-state index in [1.54, 1.807) is 24.0 Å². The molecule has 1 aromatic heterocycles. The van der Waals surface area contributed by atoms with Gasteiger partial charge in [0, 0.05) is 36.2 Å². The minimum atomic E-state index is -0.823. The molecule has 1 aromatic carbocycles. The molecule has 6 heteroatoms. The lowest BCUT2D eigenvalue weighted by molar-refractivity contribution is -0.142. The summed E-state index contributed by atoms with van der Waals surface area (Å²) < 4.78 is 13.7. The Morgan fingerprint density at radius 3 is 3.19 bits per heavy atom. The van der Waals surface area contributed by atoms with Gasteiger partial charge in [0.05, 0.1) is 5.52 Å². The van der Waals surface area contributed by atoms with Crippen LogP contribution >= 0.6 is 11.8 Å². The average molecular weight is 306 g/mol. The second-order valence-electron chi connectivity index (χ2n) is 5.04. The molecular formula is C15H15FN2O2S. The zero-order chi connectivity index (χ0) is 14.8. The van der Waals surface area contributed by atoms with Crippen LogP contribution in [0.4, 0.5) is 4.39 Å². The maximum atomic E-state index is 13.7. The number of carboxylic acids is 1. The number of hydrogen-bond donors (Lipinski definition) is 1. The highest BCUT2D eigenvalue weighted by Gasteiger charge is 2.29. The molecule has 0 spiro atoms. The highest BCUT2D eigenvalue weighted by atomic mass is 32.2. The van der Waals surface area contributed by atoms with E-state index in [-0.39, 0.29) is 5.82 Å². The maximum absolute atomic E-state index is 13.7. The third-order valence-corrected chi connectivity index (χ3v) is 4.67. The molecule has 1 aliphatic rings. The van der Waals surface area contributed by atoms with Crippen molar-refractivity contribution in [2.24, 2.45) is 0 Å². The monoisotopic (exact) mass is 306 g/mol. The molecule has 0 radical (unpaired) electrons. The number of carboxylic acid groups (broad SMARTS) is 1. The molecule has 1 fully saturated rings. The van der Waals surface area contributed by atoms with Gasteiger partial charge in [-0.15, -0.1) is 0 Å². The number of aliphatic carboxylic acids is 1. The molecule has 2 heterocycles. The van der Waals surface area contributed by atoms with E-state index in [4.69, 9.17) is 0 Å².